The lowest BCUT2D eigenvalue weighted by atomic mass is 9.96. The van der Waals surface area contributed by atoms with Gasteiger partial charge in [0.05, 0.1) is 0 Å². The van der Waals surface area contributed by atoms with Crippen LogP contribution in [-0.2, 0) is 6.54 Å². The van der Waals surface area contributed by atoms with E-state index in [-0.39, 0.29) is 0 Å². The molecule has 0 unspecified atom stereocenters. The Morgan fingerprint density at radius 3 is 2.71 bits per heavy atom. The van der Waals surface area contributed by atoms with Gasteiger partial charge in [0, 0.05) is 17.1 Å². The number of primary amides is 1. The van der Waals surface area contributed by atoms with Crippen LogP contribution in [0.1, 0.15) is 35.7 Å². The second-order valence-electron chi connectivity index (χ2n) is 5.70. The van der Waals surface area contributed by atoms with E-state index in [1.54, 1.807) is 12.1 Å². The van der Waals surface area contributed by atoms with E-state index >= 15 is 0 Å². The van der Waals surface area contributed by atoms with Crippen LogP contribution in [0, 0.1) is 5.92 Å². The predicted molar refractivity (Wildman–Crippen MR) is 86.5 cm³/mol. The largest absolute Gasteiger partial charge is 0.366 e. The molecule has 2 rings (SSSR count). The quantitative estimate of drug-likeness (QED) is 0.847. The molecule has 1 aromatic carbocycles. The van der Waals surface area contributed by atoms with Gasteiger partial charge in [-0.3, -0.25) is 9.69 Å². The smallest absolute Gasteiger partial charge is 0.248 e. The Hall–Kier alpha value is -1.10. The number of piperidine rings is 1. The normalized spacial score (nSPS) is 17.0. The van der Waals surface area contributed by atoms with Gasteiger partial charge in [0.15, 0.2) is 0 Å². The minimum Gasteiger partial charge on any atom is -0.366 e. The second kappa shape index (κ2) is 7.78. The van der Waals surface area contributed by atoms with Gasteiger partial charge in [-0.2, -0.15) is 0 Å². The van der Waals surface area contributed by atoms with Crippen molar-refractivity contribution in [3.05, 3.63) is 34.3 Å². The number of nitrogens with zero attached hydrogens (tertiary/aromatic N) is 1. The topological polar surface area (TPSA) is 58.4 Å². The molecule has 5 heteroatoms. The van der Waals surface area contributed by atoms with Crippen LogP contribution in [0.5, 0.6) is 0 Å². The summed E-state index contributed by atoms with van der Waals surface area (Å²) in [5.41, 5.74) is 6.79. The van der Waals surface area contributed by atoms with Crippen LogP contribution in [0.15, 0.2) is 18.2 Å². The molecule has 0 aliphatic carbocycles. The van der Waals surface area contributed by atoms with Crippen LogP contribution in [0.25, 0.3) is 0 Å². The number of carbonyl (C=O) groups is 1. The first-order valence-electron chi connectivity index (χ1n) is 7.61. The molecule has 1 amide bonds. The van der Waals surface area contributed by atoms with Crippen LogP contribution in [0.3, 0.4) is 0 Å². The van der Waals surface area contributed by atoms with Gasteiger partial charge in [-0.25, -0.2) is 0 Å². The van der Waals surface area contributed by atoms with Crippen LogP contribution in [-0.4, -0.2) is 37.0 Å². The van der Waals surface area contributed by atoms with Gasteiger partial charge in [-0.15, -0.1) is 0 Å². The van der Waals surface area contributed by atoms with Gasteiger partial charge in [0.25, 0.3) is 0 Å². The third kappa shape index (κ3) is 4.70. The summed E-state index contributed by atoms with van der Waals surface area (Å²) >= 11 is 6.25. The Morgan fingerprint density at radius 2 is 2.14 bits per heavy atom. The molecule has 1 aliphatic rings. The molecular formula is C16H24ClN3O. The third-order valence-corrected chi connectivity index (χ3v) is 4.47. The van der Waals surface area contributed by atoms with Crippen LogP contribution >= 0.6 is 11.6 Å². The summed E-state index contributed by atoms with van der Waals surface area (Å²) in [5.74, 6) is 0.349. The highest BCUT2D eigenvalue weighted by Gasteiger charge is 2.19. The first kappa shape index (κ1) is 16.3. The number of halogens is 1. The molecular weight excluding hydrogens is 286 g/mol. The van der Waals surface area contributed by atoms with Crippen molar-refractivity contribution in [3.8, 4) is 0 Å². The second-order valence-corrected chi connectivity index (χ2v) is 6.10. The molecule has 3 N–H and O–H groups in total. The van der Waals surface area contributed by atoms with E-state index < -0.39 is 5.91 Å². The summed E-state index contributed by atoms with van der Waals surface area (Å²) in [4.78, 5) is 13.5. The van der Waals surface area contributed by atoms with Crippen molar-refractivity contribution in [2.45, 2.75) is 26.3 Å². The van der Waals surface area contributed by atoms with Crippen molar-refractivity contribution < 1.29 is 4.79 Å². The molecule has 0 atom stereocenters. The minimum absolute atomic E-state index is 0.437. The maximum Gasteiger partial charge on any atom is 0.248 e. The Morgan fingerprint density at radius 1 is 1.43 bits per heavy atom. The molecule has 1 aromatic rings. The van der Waals surface area contributed by atoms with Gasteiger partial charge in [-0.1, -0.05) is 24.6 Å². The molecule has 1 heterocycles. The molecule has 0 spiro atoms. The van der Waals surface area contributed by atoms with Crippen molar-refractivity contribution in [2.75, 3.05) is 26.2 Å². The van der Waals surface area contributed by atoms with E-state index in [4.69, 9.17) is 17.3 Å². The van der Waals surface area contributed by atoms with Gasteiger partial charge < -0.3 is 11.1 Å². The van der Waals surface area contributed by atoms with E-state index in [0.29, 0.717) is 10.6 Å². The molecule has 0 saturated carbocycles. The van der Waals surface area contributed by atoms with Gasteiger partial charge >= 0.3 is 0 Å². The lowest BCUT2D eigenvalue weighted by Crippen LogP contribution is -2.36. The fourth-order valence-electron chi connectivity index (χ4n) is 2.77. The van der Waals surface area contributed by atoms with Gasteiger partial charge in [0.2, 0.25) is 5.91 Å². The highest BCUT2D eigenvalue weighted by molar-refractivity contribution is 6.31. The zero-order valence-corrected chi connectivity index (χ0v) is 13.3. The maximum absolute atomic E-state index is 11.1. The molecule has 1 aliphatic heterocycles. The van der Waals surface area contributed by atoms with Crippen LogP contribution in [0.2, 0.25) is 5.02 Å². The number of amides is 1. The Bertz CT molecular complexity index is 484. The summed E-state index contributed by atoms with van der Waals surface area (Å²) < 4.78 is 0. The standard InChI is InChI=1S/C16H24ClN3O/c1-2-19-10-12-5-7-20(8-6-12)11-14-4-3-13(16(18)21)9-15(14)17/h3-4,9,12,19H,2,5-8,10-11H2,1H3,(H2,18,21). The highest BCUT2D eigenvalue weighted by atomic mass is 35.5. The number of hydrogen-bond acceptors (Lipinski definition) is 3. The van der Waals surface area contributed by atoms with E-state index in [1.807, 2.05) is 6.07 Å². The maximum atomic E-state index is 11.1. The van der Waals surface area contributed by atoms with Gasteiger partial charge in [0.1, 0.15) is 0 Å². The summed E-state index contributed by atoms with van der Waals surface area (Å²) in [6.45, 7) is 7.35. The number of nitrogens with two attached hydrogens (primary N) is 1. The average Bonchev–Trinajstić information content (AvgIpc) is 2.48. The van der Waals surface area contributed by atoms with Crippen LogP contribution in [0.4, 0.5) is 0 Å². The molecule has 0 bridgehead atoms. The summed E-state index contributed by atoms with van der Waals surface area (Å²) in [6.07, 6.45) is 2.45. The minimum atomic E-state index is -0.437. The van der Waals surface area contributed by atoms with Crippen molar-refractivity contribution in [2.24, 2.45) is 11.7 Å². The summed E-state index contributed by atoms with van der Waals surface area (Å²) in [7, 11) is 0. The Balaban J connectivity index is 1.87. The molecule has 0 radical (unpaired) electrons. The van der Waals surface area contributed by atoms with E-state index in [9.17, 15) is 4.79 Å². The Kier molecular flexibility index (Phi) is 6.03. The van der Waals surface area contributed by atoms with E-state index in [2.05, 4.69) is 17.1 Å². The molecule has 1 fully saturated rings. The van der Waals surface area contributed by atoms with Crippen molar-refractivity contribution >= 4 is 17.5 Å². The lowest BCUT2D eigenvalue weighted by Gasteiger charge is -2.32. The number of carbonyl (C=O) groups excluding carboxylic acids is 1. The number of nitrogens with one attached hydrogen (secondary N) is 1. The predicted octanol–water partition coefficient (Wildman–Crippen LogP) is 2.26. The van der Waals surface area contributed by atoms with Crippen LogP contribution < -0.4 is 11.1 Å². The molecule has 0 aromatic heterocycles. The molecule has 1 saturated heterocycles. The fraction of sp³-hybridized carbons (Fsp3) is 0.562. The number of rotatable bonds is 6. The SMILES string of the molecule is CCNCC1CCN(Cc2ccc(C(N)=O)cc2Cl)CC1. The number of likely N-dealkylation sites (tertiary alicyclic amines) is 1. The fourth-order valence-corrected chi connectivity index (χ4v) is 3.01. The van der Waals surface area contributed by atoms with Crippen molar-refractivity contribution in [1.29, 1.82) is 0 Å². The third-order valence-electron chi connectivity index (χ3n) is 4.12. The number of hydrogen-bond donors (Lipinski definition) is 2. The lowest BCUT2D eigenvalue weighted by molar-refractivity contribution is 0.1000. The zero-order valence-electron chi connectivity index (χ0n) is 12.6. The van der Waals surface area contributed by atoms with E-state index in [0.717, 1.165) is 44.2 Å². The summed E-state index contributed by atoms with van der Waals surface area (Å²) in [6, 6.07) is 5.33. The van der Waals surface area contributed by atoms with Crippen molar-refractivity contribution in [3.63, 3.8) is 0 Å². The van der Waals surface area contributed by atoms with Crippen molar-refractivity contribution in [1.82, 2.24) is 10.2 Å². The summed E-state index contributed by atoms with van der Waals surface area (Å²) in [5, 5.41) is 4.05. The highest BCUT2D eigenvalue weighted by Crippen LogP contribution is 2.23. The Labute approximate surface area is 131 Å². The van der Waals surface area contributed by atoms with Gasteiger partial charge in [-0.05, 0) is 62.6 Å². The average molecular weight is 310 g/mol. The van der Waals surface area contributed by atoms with E-state index in [1.165, 1.54) is 12.8 Å². The molecule has 4 nitrogen and oxygen atoms in total. The first-order chi connectivity index (χ1) is 10.1. The first-order valence-corrected chi connectivity index (χ1v) is 7.99. The zero-order chi connectivity index (χ0) is 15.2. The number of benzene rings is 1. The monoisotopic (exact) mass is 309 g/mol. The molecule has 116 valence electrons. The molecule has 21 heavy (non-hydrogen) atoms.